The van der Waals surface area contributed by atoms with E-state index in [-0.39, 0.29) is 17.0 Å². The molecule has 100 valence electrons. The lowest BCUT2D eigenvalue weighted by Crippen LogP contribution is -2.31. The second-order valence-corrected chi connectivity index (χ2v) is 5.58. The number of hydrogen-bond acceptors (Lipinski definition) is 5. The molecule has 1 rings (SSSR count). The summed E-state index contributed by atoms with van der Waals surface area (Å²) in [7, 11) is -4.01. The third kappa shape index (κ3) is 3.25. The molecule has 0 radical (unpaired) electrons. The molecule has 18 heavy (non-hydrogen) atoms. The van der Waals surface area contributed by atoms with Crippen molar-refractivity contribution in [2.45, 2.75) is 24.8 Å². The molecule has 0 heterocycles. The lowest BCUT2D eigenvalue weighted by atomic mass is 10.2. The molecule has 0 saturated heterocycles. The summed E-state index contributed by atoms with van der Waals surface area (Å²) in [5.74, 6) is 0. The molecule has 0 aliphatic carbocycles. The second-order valence-electron chi connectivity index (χ2n) is 3.88. The minimum atomic E-state index is -4.01. The van der Waals surface area contributed by atoms with Crippen molar-refractivity contribution in [2.24, 2.45) is 0 Å². The first kappa shape index (κ1) is 14.6. The molecule has 0 saturated carbocycles. The van der Waals surface area contributed by atoms with Crippen molar-refractivity contribution in [3.05, 3.63) is 33.9 Å². The summed E-state index contributed by atoms with van der Waals surface area (Å²) in [6, 6.07) is 4.02. The summed E-state index contributed by atoms with van der Waals surface area (Å²) in [5, 5.41) is 19.9. The van der Waals surface area contributed by atoms with Gasteiger partial charge in [-0.15, -0.1) is 0 Å². The van der Waals surface area contributed by atoms with Crippen molar-refractivity contribution < 1.29 is 18.4 Å². The molecule has 0 bridgehead atoms. The third-order valence-electron chi connectivity index (χ3n) is 2.23. The molecule has 2 N–H and O–H groups in total. The van der Waals surface area contributed by atoms with Crippen LogP contribution in [0.4, 0.5) is 5.69 Å². The van der Waals surface area contributed by atoms with E-state index in [2.05, 4.69) is 4.72 Å². The van der Waals surface area contributed by atoms with E-state index in [1.54, 1.807) is 0 Å². The lowest BCUT2D eigenvalue weighted by Gasteiger charge is -2.10. The van der Waals surface area contributed by atoms with Crippen LogP contribution in [0.3, 0.4) is 0 Å². The van der Waals surface area contributed by atoms with Crippen molar-refractivity contribution in [2.75, 3.05) is 6.54 Å². The Kier molecular flexibility index (Phi) is 4.38. The van der Waals surface area contributed by atoms with Gasteiger partial charge < -0.3 is 5.11 Å². The molecule has 8 heteroatoms. The van der Waals surface area contributed by atoms with Crippen LogP contribution in [0.15, 0.2) is 23.1 Å². The van der Waals surface area contributed by atoms with Gasteiger partial charge in [-0.05, 0) is 19.4 Å². The molecule has 0 aliphatic heterocycles. The average Bonchev–Trinajstić information content (AvgIpc) is 2.25. The molecule has 0 spiro atoms. The van der Waals surface area contributed by atoms with Crippen molar-refractivity contribution in [1.82, 2.24) is 4.72 Å². The van der Waals surface area contributed by atoms with Gasteiger partial charge in [-0.3, -0.25) is 10.1 Å². The van der Waals surface area contributed by atoms with Crippen molar-refractivity contribution in [3.63, 3.8) is 0 Å². The number of hydrogen-bond donors (Lipinski definition) is 2. The number of aliphatic hydroxyl groups excluding tert-OH is 1. The fraction of sp³-hybridized carbons (Fsp3) is 0.400. The monoisotopic (exact) mass is 274 g/mol. The number of nitrogens with zero attached hydrogens (tertiary/aromatic N) is 1. The molecule has 0 unspecified atom stereocenters. The van der Waals surface area contributed by atoms with Gasteiger partial charge in [0, 0.05) is 12.6 Å². The number of aliphatic hydroxyl groups is 1. The zero-order valence-corrected chi connectivity index (χ0v) is 10.8. The Balaban J connectivity index is 3.27. The number of nitrogens with one attached hydrogen (secondary N) is 1. The largest absolute Gasteiger partial charge is 0.392 e. The van der Waals surface area contributed by atoms with Crippen LogP contribution in [0.1, 0.15) is 12.5 Å². The second kappa shape index (κ2) is 5.42. The van der Waals surface area contributed by atoms with Crippen LogP contribution in [-0.2, 0) is 10.0 Å². The van der Waals surface area contributed by atoms with Crippen LogP contribution < -0.4 is 4.72 Å². The van der Waals surface area contributed by atoms with Gasteiger partial charge in [-0.25, -0.2) is 13.1 Å². The third-order valence-corrected chi connectivity index (χ3v) is 3.84. The summed E-state index contributed by atoms with van der Waals surface area (Å²) in [5.41, 5.74) is -0.199. The molecule has 1 aromatic rings. The van der Waals surface area contributed by atoms with Crippen molar-refractivity contribution >= 4 is 15.7 Å². The maximum Gasteiger partial charge on any atom is 0.289 e. The van der Waals surface area contributed by atoms with Crippen LogP contribution in [-0.4, -0.2) is 31.1 Å². The Labute approximate surface area is 105 Å². The number of rotatable bonds is 5. The number of nitro benzene ring substituents is 1. The minimum Gasteiger partial charge on any atom is -0.392 e. The van der Waals surface area contributed by atoms with Crippen molar-refractivity contribution in [1.29, 1.82) is 0 Å². The van der Waals surface area contributed by atoms with Gasteiger partial charge in [-0.1, -0.05) is 12.1 Å². The Morgan fingerprint density at radius 3 is 2.61 bits per heavy atom. The van der Waals surface area contributed by atoms with Crippen molar-refractivity contribution in [3.8, 4) is 0 Å². The Hall–Kier alpha value is -1.51. The van der Waals surface area contributed by atoms with Gasteiger partial charge in [0.2, 0.25) is 10.0 Å². The van der Waals surface area contributed by atoms with Gasteiger partial charge >= 0.3 is 0 Å². The standard InChI is InChI=1S/C10H14N2O5S/c1-7-4-3-5-9(12(14)15)10(7)18(16,17)11-6-8(2)13/h3-5,8,11,13H,6H2,1-2H3/t8-/m1/s1. The van der Waals surface area contributed by atoms with Crippen LogP contribution in [0.5, 0.6) is 0 Å². The van der Waals surface area contributed by atoms with Crippen LogP contribution in [0, 0.1) is 17.0 Å². The molecule has 1 aromatic carbocycles. The topological polar surface area (TPSA) is 110 Å². The summed E-state index contributed by atoms with van der Waals surface area (Å²) in [6.45, 7) is 2.69. The van der Waals surface area contributed by atoms with E-state index in [9.17, 15) is 18.5 Å². The summed E-state index contributed by atoms with van der Waals surface area (Å²) in [4.78, 5) is 9.71. The van der Waals surface area contributed by atoms with E-state index in [4.69, 9.17) is 5.11 Å². The van der Waals surface area contributed by atoms with E-state index < -0.39 is 26.7 Å². The fourth-order valence-corrected chi connectivity index (χ4v) is 2.95. The fourth-order valence-electron chi connectivity index (χ4n) is 1.43. The van der Waals surface area contributed by atoms with E-state index >= 15 is 0 Å². The van der Waals surface area contributed by atoms with Gasteiger partial charge in [-0.2, -0.15) is 0 Å². The average molecular weight is 274 g/mol. The molecular weight excluding hydrogens is 260 g/mol. The highest BCUT2D eigenvalue weighted by atomic mass is 32.2. The first-order valence-electron chi connectivity index (χ1n) is 5.17. The minimum absolute atomic E-state index is 0.201. The van der Waals surface area contributed by atoms with Crippen LogP contribution >= 0.6 is 0 Å². The normalized spacial score (nSPS) is 13.3. The van der Waals surface area contributed by atoms with Gasteiger partial charge in [0.15, 0.2) is 4.90 Å². The quantitative estimate of drug-likeness (QED) is 0.602. The van der Waals surface area contributed by atoms with E-state index in [0.717, 1.165) is 6.07 Å². The Morgan fingerprint density at radius 1 is 1.50 bits per heavy atom. The zero-order chi connectivity index (χ0) is 13.9. The number of aryl methyl sites for hydroxylation is 1. The summed E-state index contributed by atoms with van der Waals surface area (Å²) < 4.78 is 26.0. The molecule has 0 amide bonds. The molecule has 7 nitrogen and oxygen atoms in total. The SMILES string of the molecule is Cc1cccc([N+](=O)[O-])c1S(=O)(=O)NC[C@@H](C)O. The number of benzene rings is 1. The predicted octanol–water partition coefficient (Wildman–Crippen LogP) is 0.562. The highest BCUT2D eigenvalue weighted by Gasteiger charge is 2.27. The van der Waals surface area contributed by atoms with Crippen LogP contribution in [0.25, 0.3) is 0 Å². The van der Waals surface area contributed by atoms with E-state index in [0.29, 0.717) is 0 Å². The molecule has 0 aliphatic rings. The molecule has 1 atom stereocenters. The number of sulfonamides is 1. The van der Waals surface area contributed by atoms with E-state index in [1.807, 2.05) is 0 Å². The van der Waals surface area contributed by atoms with Gasteiger partial charge in [0.25, 0.3) is 5.69 Å². The molecule has 0 aromatic heterocycles. The Morgan fingerprint density at radius 2 is 2.11 bits per heavy atom. The van der Waals surface area contributed by atoms with Gasteiger partial charge in [0.05, 0.1) is 11.0 Å². The summed E-state index contributed by atoms with van der Waals surface area (Å²) >= 11 is 0. The predicted molar refractivity (Wildman–Crippen MR) is 64.7 cm³/mol. The maximum atomic E-state index is 12.0. The van der Waals surface area contributed by atoms with E-state index in [1.165, 1.54) is 26.0 Å². The Bertz CT molecular complexity index is 553. The van der Waals surface area contributed by atoms with Gasteiger partial charge in [0.1, 0.15) is 0 Å². The highest BCUT2D eigenvalue weighted by Crippen LogP contribution is 2.26. The van der Waals surface area contributed by atoms with Crippen LogP contribution in [0.2, 0.25) is 0 Å². The maximum absolute atomic E-state index is 12.0. The highest BCUT2D eigenvalue weighted by molar-refractivity contribution is 7.89. The molecule has 0 fully saturated rings. The lowest BCUT2D eigenvalue weighted by molar-refractivity contribution is -0.387. The number of nitro groups is 1. The zero-order valence-electron chi connectivity index (χ0n) is 9.95. The molecular formula is C10H14N2O5S. The first-order valence-corrected chi connectivity index (χ1v) is 6.65. The summed E-state index contributed by atoms with van der Waals surface area (Å²) in [6.07, 6.45) is -0.872. The smallest absolute Gasteiger partial charge is 0.289 e. The first-order chi connectivity index (χ1) is 8.25.